The Labute approximate surface area is 407 Å². The van der Waals surface area contributed by atoms with E-state index in [0.29, 0.717) is 19.3 Å². The molecule has 66 heavy (non-hydrogen) atoms. The summed E-state index contributed by atoms with van der Waals surface area (Å²) >= 11 is 0. The lowest BCUT2D eigenvalue weighted by atomic mass is 10.0. The summed E-state index contributed by atoms with van der Waals surface area (Å²) in [6.07, 6.45) is 70.1. The van der Waals surface area contributed by atoms with Crippen molar-refractivity contribution in [3.8, 4) is 0 Å². The van der Waals surface area contributed by atoms with Gasteiger partial charge in [-0.1, -0.05) is 247 Å². The Balaban J connectivity index is 4.46. The van der Waals surface area contributed by atoms with Gasteiger partial charge in [0.2, 0.25) is 0 Å². The van der Waals surface area contributed by atoms with Crippen LogP contribution >= 0.6 is 0 Å². The molecule has 378 valence electrons. The van der Waals surface area contributed by atoms with E-state index in [1.807, 2.05) is 0 Å². The Morgan fingerprint density at radius 3 is 1.12 bits per heavy atom. The van der Waals surface area contributed by atoms with Crippen LogP contribution in [0.4, 0.5) is 0 Å². The van der Waals surface area contributed by atoms with Crippen LogP contribution in [-0.2, 0) is 28.6 Å². The van der Waals surface area contributed by atoms with Gasteiger partial charge in [0, 0.05) is 19.3 Å². The Bertz CT molecular complexity index is 1290. The molecular formula is C60H102O6. The first-order valence-electron chi connectivity index (χ1n) is 27.6. The molecule has 0 amide bonds. The molecule has 0 saturated carbocycles. The first kappa shape index (κ1) is 62.6. The second-order valence-electron chi connectivity index (χ2n) is 18.2. The van der Waals surface area contributed by atoms with Gasteiger partial charge in [0.05, 0.1) is 0 Å². The average Bonchev–Trinajstić information content (AvgIpc) is 3.31. The fourth-order valence-electron chi connectivity index (χ4n) is 7.55. The first-order valence-corrected chi connectivity index (χ1v) is 27.6. The molecule has 0 aliphatic carbocycles. The number of hydrogen-bond donors (Lipinski definition) is 0. The van der Waals surface area contributed by atoms with Crippen molar-refractivity contribution in [2.24, 2.45) is 0 Å². The molecule has 1 atom stereocenters. The highest BCUT2D eigenvalue weighted by atomic mass is 16.6. The fraction of sp³-hybridized carbons (Fsp3) is 0.717. The summed E-state index contributed by atoms with van der Waals surface area (Å²) in [6.45, 7) is 6.43. The third kappa shape index (κ3) is 51.6. The van der Waals surface area contributed by atoms with Crippen molar-refractivity contribution in [2.75, 3.05) is 13.2 Å². The number of esters is 3. The lowest BCUT2D eigenvalue weighted by molar-refractivity contribution is -0.167. The van der Waals surface area contributed by atoms with Gasteiger partial charge in [-0.3, -0.25) is 14.4 Å². The van der Waals surface area contributed by atoms with Crippen molar-refractivity contribution in [3.63, 3.8) is 0 Å². The highest BCUT2D eigenvalue weighted by Gasteiger charge is 2.19. The van der Waals surface area contributed by atoms with Gasteiger partial charge in [0.25, 0.3) is 0 Å². The van der Waals surface area contributed by atoms with Gasteiger partial charge in [-0.15, -0.1) is 0 Å². The quantitative estimate of drug-likeness (QED) is 0.0199. The molecule has 0 saturated heterocycles. The first-order chi connectivity index (χ1) is 32.5. The minimum Gasteiger partial charge on any atom is -0.462 e. The summed E-state index contributed by atoms with van der Waals surface area (Å²) < 4.78 is 16.8. The molecule has 6 heteroatoms. The maximum Gasteiger partial charge on any atom is 0.306 e. The molecule has 0 spiro atoms. The molecule has 0 rings (SSSR count). The highest BCUT2D eigenvalue weighted by Crippen LogP contribution is 2.16. The summed E-state index contributed by atoms with van der Waals surface area (Å²) in [5.41, 5.74) is 0. The molecule has 0 heterocycles. The molecule has 0 aromatic carbocycles. The maximum absolute atomic E-state index is 12.8. The van der Waals surface area contributed by atoms with E-state index in [1.165, 1.54) is 122 Å². The number of unbranched alkanes of at least 4 members (excludes halogenated alkanes) is 26. The predicted molar refractivity (Wildman–Crippen MR) is 284 cm³/mol. The van der Waals surface area contributed by atoms with Gasteiger partial charge in [-0.05, 0) is 77.0 Å². The zero-order valence-corrected chi connectivity index (χ0v) is 43.2. The molecule has 0 aromatic heterocycles. The second-order valence-corrected chi connectivity index (χ2v) is 18.2. The largest absolute Gasteiger partial charge is 0.462 e. The van der Waals surface area contributed by atoms with Crippen LogP contribution in [0, 0.1) is 0 Å². The van der Waals surface area contributed by atoms with E-state index in [9.17, 15) is 14.4 Å². The average molecular weight is 919 g/mol. The van der Waals surface area contributed by atoms with Crippen molar-refractivity contribution >= 4 is 17.9 Å². The van der Waals surface area contributed by atoms with Gasteiger partial charge in [0.1, 0.15) is 13.2 Å². The summed E-state index contributed by atoms with van der Waals surface area (Å²) in [7, 11) is 0. The third-order valence-corrected chi connectivity index (χ3v) is 11.7. The number of hydrogen-bond acceptors (Lipinski definition) is 6. The number of allylic oxidation sites excluding steroid dienone is 14. The number of carbonyl (C=O) groups is 3. The van der Waals surface area contributed by atoms with E-state index in [4.69, 9.17) is 14.2 Å². The molecule has 1 unspecified atom stereocenters. The second kappa shape index (κ2) is 54.2. The minimum absolute atomic E-state index is 0.103. The summed E-state index contributed by atoms with van der Waals surface area (Å²) in [6, 6.07) is 0. The van der Waals surface area contributed by atoms with Crippen LogP contribution in [0.25, 0.3) is 0 Å². The zero-order chi connectivity index (χ0) is 47.9. The predicted octanol–water partition coefficient (Wildman–Crippen LogP) is 18.4. The molecule has 0 aliphatic rings. The summed E-state index contributed by atoms with van der Waals surface area (Å²) in [5.74, 6) is -0.977. The third-order valence-electron chi connectivity index (χ3n) is 11.7. The Kier molecular flexibility index (Phi) is 51.4. The standard InChI is InChI=1S/C60H102O6/c1-4-7-10-13-16-19-22-25-27-29-31-32-35-38-41-44-47-50-53-59(62)65-56-57(55-64-58(61)52-49-46-43-40-37-34-24-21-18-15-12-9-6-3)66-60(63)54-51-48-45-42-39-36-33-30-28-26-23-20-17-14-11-8-5-2/h9,12,15,17-18,20-21,24,26,28,33,36,42,45,57H,4-8,10-11,13-14,16,19,22-23,25,27,29-32,34-35,37-41,43-44,46-56H2,1-3H3/b12-9+,18-15+,20-17+,24-21+,28-26+,36-33+,45-42+. The monoisotopic (exact) mass is 919 g/mol. The van der Waals surface area contributed by atoms with Crippen molar-refractivity contribution in [3.05, 3.63) is 85.1 Å². The van der Waals surface area contributed by atoms with Gasteiger partial charge >= 0.3 is 17.9 Å². The van der Waals surface area contributed by atoms with Crippen LogP contribution in [0.2, 0.25) is 0 Å². The van der Waals surface area contributed by atoms with Gasteiger partial charge in [0.15, 0.2) is 6.10 Å². The lowest BCUT2D eigenvalue weighted by Gasteiger charge is -2.18. The van der Waals surface area contributed by atoms with E-state index in [-0.39, 0.29) is 37.5 Å². The van der Waals surface area contributed by atoms with Crippen molar-refractivity contribution in [1.29, 1.82) is 0 Å². The topological polar surface area (TPSA) is 78.9 Å². The Hall–Kier alpha value is -3.41. The van der Waals surface area contributed by atoms with Gasteiger partial charge < -0.3 is 14.2 Å². The molecule has 0 fully saturated rings. The van der Waals surface area contributed by atoms with E-state index in [0.717, 1.165) is 89.9 Å². The smallest absolute Gasteiger partial charge is 0.306 e. The number of carbonyl (C=O) groups excluding carboxylic acids is 3. The molecule has 0 aliphatic heterocycles. The van der Waals surface area contributed by atoms with Crippen LogP contribution < -0.4 is 0 Å². The van der Waals surface area contributed by atoms with Crippen LogP contribution in [0.1, 0.15) is 258 Å². The van der Waals surface area contributed by atoms with Crippen molar-refractivity contribution in [1.82, 2.24) is 0 Å². The highest BCUT2D eigenvalue weighted by molar-refractivity contribution is 5.71. The number of ether oxygens (including phenoxy) is 3. The number of rotatable bonds is 49. The summed E-state index contributed by atoms with van der Waals surface area (Å²) in [5, 5.41) is 0. The van der Waals surface area contributed by atoms with E-state index in [2.05, 4.69) is 106 Å². The minimum atomic E-state index is -0.812. The fourth-order valence-corrected chi connectivity index (χ4v) is 7.55. The van der Waals surface area contributed by atoms with E-state index >= 15 is 0 Å². The van der Waals surface area contributed by atoms with Crippen molar-refractivity contribution in [2.45, 2.75) is 264 Å². The molecule has 6 nitrogen and oxygen atoms in total. The molecule has 0 bridgehead atoms. The van der Waals surface area contributed by atoms with Gasteiger partial charge in [-0.25, -0.2) is 0 Å². The SMILES string of the molecule is CC/C=C/C=C/C=C/CCCCCCCC(=O)OCC(COC(=O)CCCCCCCCCCCCCCCCCCCC)OC(=O)CCC/C=C/C/C=C/C/C=C/C/C=C/CCCCC. The van der Waals surface area contributed by atoms with Crippen LogP contribution in [0.5, 0.6) is 0 Å². The lowest BCUT2D eigenvalue weighted by Crippen LogP contribution is -2.30. The van der Waals surface area contributed by atoms with Crippen molar-refractivity contribution < 1.29 is 28.6 Å². The van der Waals surface area contributed by atoms with E-state index in [1.54, 1.807) is 0 Å². The normalized spacial score (nSPS) is 12.7. The molecule has 0 aromatic rings. The Morgan fingerprint density at radius 1 is 0.333 bits per heavy atom. The van der Waals surface area contributed by atoms with E-state index < -0.39 is 6.10 Å². The Morgan fingerprint density at radius 2 is 0.667 bits per heavy atom. The maximum atomic E-state index is 12.8. The zero-order valence-electron chi connectivity index (χ0n) is 43.2. The molecule has 0 radical (unpaired) electrons. The van der Waals surface area contributed by atoms with Crippen LogP contribution in [0.15, 0.2) is 85.1 Å². The van der Waals surface area contributed by atoms with Crippen LogP contribution in [-0.4, -0.2) is 37.2 Å². The van der Waals surface area contributed by atoms with Gasteiger partial charge in [-0.2, -0.15) is 0 Å². The summed E-state index contributed by atoms with van der Waals surface area (Å²) in [4.78, 5) is 38.0. The molecular weight excluding hydrogens is 817 g/mol. The van der Waals surface area contributed by atoms with Crippen LogP contribution in [0.3, 0.4) is 0 Å². The molecule has 0 N–H and O–H groups in total.